The number of aryl methyl sites for hydroxylation is 1. The van der Waals surface area contributed by atoms with Crippen LogP contribution < -0.4 is 10.3 Å². The molecule has 34 heavy (non-hydrogen) atoms. The van der Waals surface area contributed by atoms with Crippen LogP contribution in [0.25, 0.3) is 21.9 Å². The number of carboxylic acids is 1. The molecule has 1 saturated heterocycles. The number of nitrogens with zero attached hydrogens (tertiary/aromatic N) is 1. The molecule has 1 fully saturated rings. The zero-order valence-electron chi connectivity index (χ0n) is 19.8. The molecule has 4 rings (SSSR count). The van der Waals surface area contributed by atoms with E-state index in [4.69, 9.17) is 4.74 Å². The Kier molecular flexibility index (Phi) is 6.46. The van der Waals surface area contributed by atoms with E-state index in [0.717, 1.165) is 22.1 Å². The summed E-state index contributed by atoms with van der Waals surface area (Å²) in [5.74, 6) is -0.696. The molecule has 0 aliphatic carbocycles. The van der Waals surface area contributed by atoms with Crippen LogP contribution in [0.4, 0.5) is 0 Å². The van der Waals surface area contributed by atoms with Gasteiger partial charge in [-0.25, -0.2) is 0 Å². The Morgan fingerprint density at radius 3 is 2.65 bits per heavy atom. The lowest BCUT2D eigenvalue weighted by Gasteiger charge is -2.40. The average molecular weight is 463 g/mol. The maximum absolute atomic E-state index is 13.1. The van der Waals surface area contributed by atoms with Gasteiger partial charge in [0, 0.05) is 24.8 Å². The van der Waals surface area contributed by atoms with Crippen LogP contribution in [0.15, 0.2) is 53.5 Å². The summed E-state index contributed by atoms with van der Waals surface area (Å²) in [6.07, 6.45) is 2.59. The van der Waals surface area contributed by atoms with E-state index < -0.39 is 17.5 Å². The lowest BCUT2D eigenvalue weighted by atomic mass is 9.77. The number of benzene rings is 2. The number of pyridine rings is 1. The number of aliphatic carboxylic acids is 1. The second-order valence-electron chi connectivity index (χ2n) is 9.12. The summed E-state index contributed by atoms with van der Waals surface area (Å²) in [4.78, 5) is 41.9. The number of nitrogens with one attached hydrogen (secondary N) is 1. The highest BCUT2D eigenvalue weighted by molar-refractivity contribution is 5.97. The van der Waals surface area contributed by atoms with Crippen molar-refractivity contribution in [2.45, 2.75) is 46.1 Å². The van der Waals surface area contributed by atoms with E-state index in [1.54, 1.807) is 30.2 Å². The number of H-pyrrole nitrogens is 1. The monoisotopic (exact) mass is 462 g/mol. The van der Waals surface area contributed by atoms with Crippen LogP contribution in [-0.2, 0) is 9.59 Å². The number of likely N-dealkylation sites (tertiary alicyclic amines) is 1. The van der Waals surface area contributed by atoms with Crippen molar-refractivity contribution in [1.82, 2.24) is 9.88 Å². The Balaban J connectivity index is 1.58. The summed E-state index contributed by atoms with van der Waals surface area (Å²) in [6.45, 7) is 6.22. The van der Waals surface area contributed by atoms with Crippen molar-refractivity contribution in [1.29, 1.82) is 0 Å². The average Bonchev–Trinajstić information content (AvgIpc) is 2.84. The highest BCUT2D eigenvalue weighted by Crippen LogP contribution is 2.34. The fourth-order valence-corrected chi connectivity index (χ4v) is 4.86. The highest BCUT2D eigenvalue weighted by atomic mass is 16.5. The van der Waals surface area contributed by atoms with Gasteiger partial charge in [-0.3, -0.25) is 14.4 Å². The molecule has 0 bridgehead atoms. The normalized spacial score (nSPS) is 19.1. The van der Waals surface area contributed by atoms with Crippen LogP contribution in [0.5, 0.6) is 5.75 Å². The number of aromatic amines is 1. The smallest absolute Gasteiger partial charge is 0.311 e. The first-order chi connectivity index (χ1) is 16.3. The number of fused-ring (bicyclic) bond motifs is 1. The predicted octanol–water partition coefficient (Wildman–Crippen LogP) is 4.37. The Morgan fingerprint density at radius 2 is 1.94 bits per heavy atom. The molecule has 7 nitrogen and oxygen atoms in total. The maximum atomic E-state index is 13.1. The van der Waals surface area contributed by atoms with Gasteiger partial charge in [-0.15, -0.1) is 0 Å². The molecule has 1 amide bonds. The fourth-order valence-electron chi connectivity index (χ4n) is 4.86. The van der Waals surface area contributed by atoms with E-state index in [1.165, 1.54) is 0 Å². The number of rotatable bonds is 6. The quantitative estimate of drug-likeness (QED) is 0.567. The third-order valence-electron chi connectivity index (χ3n) is 6.99. The molecular weight excluding hydrogens is 432 g/mol. The van der Waals surface area contributed by atoms with Gasteiger partial charge in [0.15, 0.2) is 6.10 Å². The molecule has 0 saturated carbocycles. The zero-order chi connectivity index (χ0) is 24.5. The summed E-state index contributed by atoms with van der Waals surface area (Å²) in [5.41, 5.74) is 1.91. The summed E-state index contributed by atoms with van der Waals surface area (Å²) in [5, 5.41) is 11.0. The summed E-state index contributed by atoms with van der Waals surface area (Å²) >= 11 is 0. The third kappa shape index (κ3) is 4.30. The van der Waals surface area contributed by atoms with Crippen molar-refractivity contribution in [3.63, 3.8) is 0 Å². The molecule has 2 N–H and O–H groups in total. The van der Waals surface area contributed by atoms with Crippen molar-refractivity contribution >= 4 is 22.6 Å². The number of carboxylic acid groups (broad SMARTS) is 1. The van der Waals surface area contributed by atoms with E-state index in [9.17, 15) is 19.5 Å². The van der Waals surface area contributed by atoms with E-state index in [0.29, 0.717) is 36.9 Å². The first-order valence-corrected chi connectivity index (χ1v) is 11.7. The summed E-state index contributed by atoms with van der Waals surface area (Å²) in [6, 6.07) is 13.2. The number of carbonyl (C=O) groups excluding carboxylic acids is 1. The van der Waals surface area contributed by atoms with E-state index >= 15 is 0 Å². The van der Waals surface area contributed by atoms with Gasteiger partial charge < -0.3 is 19.7 Å². The molecule has 3 aromatic rings. The SMILES string of the molecule is CCC1(C(=O)O)CCCN(C(=O)[C@@H](C)Oc2ccc3c(-c4ccccc4C)c[nH]c(=O)c3c2)C1. The molecule has 2 heterocycles. The number of amides is 1. The number of ether oxygens (including phenoxy) is 1. The topological polar surface area (TPSA) is 99.7 Å². The lowest BCUT2D eigenvalue weighted by Crippen LogP contribution is -2.52. The molecule has 178 valence electrons. The third-order valence-corrected chi connectivity index (χ3v) is 6.99. The molecule has 1 aliphatic heterocycles. The number of hydrogen-bond donors (Lipinski definition) is 2. The maximum Gasteiger partial charge on any atom is 0.311 e. The first kappa shape index (κ1) is 23.5. The van der Waals surface area contributed by atoms with Gasteiger partial charge in [-0.2, -0.15) is 0 Å². The molecule has 2 aromatic carbocycles. The van der Waals surface area contributed by atoms with Crippen molar-refractivity contribution in [3.05, 3.63) is 64.6 Å². The molecule has 1 aromatic heterocycles. The number of carbonyl (C=O) groups is 2. The molecule has 1 unspecified atom stereocenters. The van der Waals surface area contributed by atoms with Crippen molar-refractivity contribution in [2.75, 3.05) is 13.1 Å². The van der Waals surface area contributed by atoms with Gasteiger partial charge in [-0.1, -0.05) is 31.2 Å². The fraction of sp³-hybridized carbons (Fsp3) is 0.370. The van der Waals surface area contributed by atoms with Crippen molar-refractivity contribution in [3.8, 4) is 16.9 Å². The number of hydrogen-bond acceptors (Lipinski definition) is 4. The molecule has 2 atom stereocenters. The lowest BCUT2D eigenvalue weighted by molar-refractivity contribution is -0.156. The van der Waals surface area contributed by atoms with Gasteiger partial charge in [-0.05, 0) is 67.8 Å². The van der Waals surface area contributed by atoms with Crippen LogP contribution in [0.1, 0.15) is 38.7 Å². The van der Waals surface area contributed by atoms with Crippen molar-refractivity contribution < 1.29 is 19.4 Å². The Morgan fingerprint density at radius 1 is 1.18 bits per heavy atom. The Bertz CT molecular complexity index is 1300. The molecule has 0 radical (unpaired) electrons. The van der Waals surface area contributed by atoms with Crippen LogP contribution in [0.2, 0.25) is 0 Å². The van der Waals surface area contributed by atoms with Gasteiger partial charge >= 0.3 is 5.97 Å². The van der Waals surface area contributed by atoms with Crippen LogP contribution in [0, 0.1) is 12.3 Å². The Hall–Kier alpha value is -3.61. The molecule has 7 heteroatoms. The second kappa shape index (κ2) is 9.33. The number of aromatic nitrogens is 1. The highest BCUT2D eigenvalue weighted by Gasteiger charge is 2.43. The minimum Gasteiger partial charge on any atom is -0.481 e. The summed E-state index contributed by atoms with van der Waals surface area (Å²) < 4.78 is 5.93. The van der Waals surface area contributed by atoms with Crippen molar-refractivity contribution in [2.24, 2.45) is 5.41 Å². The first-order valence-electron chi connectivity index (χ1n) is 11.7. The molecule has 1 aliphatic rings. The van der Waals surface area contributed by atoms with Crippen LogP contribution >= 0.6 is 0 Å². The largest absolute Gasteiger partial charge is 0.481 e. The van der Waals surface area contributed by atoms with E-state index in [1.807, 2.05) is 44.2 Å². The summed E-state index contributed by atoms with van der Waals surface area (Å²) in [7, 11) is 0. The van der Waals surface area contributed by atoms with Crippen LogP contribution in [0.3, 0.4) is 0 Å². The zero-order valence-corrected chi connectivity index (χ0v) is 19.8. The minimum atomic E-state index is -0.907. The van der Waals surface area contributed by atoms with E-state index in [-0.39, 0.29) is 18.0 Å². The predicted molar refractivity (Wildman–Crippen MR) is 131 cm³/mol. The molecular formula is C27H30N2O5. The van der Waals surface area contributed by atoms with Crippen LogP contribution in [-0.4, -0.2) is 46.1 Å². The standard InChI is InChI=1S/C27H30N2O5/c1-4-27(26(32)33)12-7-13-29(16-27)25(31)18(3)34-19-10-11-21-22(14-19)24(30)28-15-23(21)20-9-6-5-8-17(20)2/h5-6,8-11,14-15,18H,4,7,12-13,16H2,1-3H3,(H,28,30)(H,32,33)/t18-,27?/m1/s1. The van der Waals surface area contributed by atoms with Gasteiger partial charge in [0.05, 0.1) is 10.8 Å². The van der Waals surface area contributed by atoms with Gasteiger partial charge in [0.1, 0.15) is 5.75 Å². The minimum absolute atomic E-state index is 0.183. The number of piperidine rings is 1. The van der Waals surface area contributed by atoms with Gasteiger partial charge in [0.2, 0.25) is 0 Å². The van der Waals surface area contributed by atoms with Gasteiger partial charge in [0.25, 0.3) is 11.5 Å². The Labute approximate surface area is 198 Å². The second-order valence-corrected chi connectivity index (χ2v) is 9.12. The van der Waals surface area contributed by atoms with E-state index in [2.05, 4.69) is 4.98 Å². The molecule has 0 spiro atoms.